The Hall–Kier alpha value is -1.95. The molecule has 6 heteroatoms. The third kappa shape index (κ3) is 5.11. The summed E-state index contributed by atoms with van der Waals surface area (Å²) in [5.41, 5.74) is 1.26. The minimum absolute atomic E-state index is 0.0685. The monoisotopic (exact) mass is 319 g/mol. The standard InChI is InChI=1S/C16H21N3O2S/c1-11(20)17-16(22)19-14-9-5-6-12(10-14)15(21)18-13-7-3-2-4-8-13/h5-6,9-10,13H,2-4,7-8H2,1H3,(H,18,21)(H2,17,19,20,22). The second kappa shape index (κ2) is 7.89. The van der Waals surface area contributed by atoms with Gasteiger partial charge >= 0.3 is 0 Å². The van der Waals surface area contributed by atoms with Crippen LogP contribution in [-0.4, -0.2) is 23.0 Å². The Balaban J connectivity index is 1.96. The summed E-state index contributed by atoms with van der Waals surface area (Å²) in [7, 11) is 0. The van der Waals surface area contributed by atoms with Crippen LogP contribution in [0, 0.1) is 0 Å². The lowest BCUT2D eigenvalue weighted by Crippen LogP contribution is -2.36. The zero-order valence-electron chi connectivity index (χ0n) is 12.6. The number of anilines is 1. The SMILES string of the molecule is CC(=O)NC(=S)Nc1cccc(C(=O)NC2CCCCC2)c1. The molecule has 0 aromatic heterocycles. The highest BCUT2D eigenvalue weighted by Gasteiger charge is 2.16. The van der Waals surface area contributed by atoms with Gasteiger partial charge < -0.3 is 16.0 Å². The molecule has 2 amide bonds. The molecule has 0 radical (unpaired) electrons. The second-order valence-electron chi connectivity index (χ2n) is 5.52. The molecule has 0 atom stereocenters. The van der Waals surface area contributed by atoms with Gasteiger partial charge in [-0.15, -0.1) is 0 Å². The summed E-state index contributed by atoms with van der Waals surface area (Å²) in [6.07, 6.45) is 5.72. The zero-order valence-corrected chi connectivity index (χ0v) is 13.5. The second-order valence-corrected chi connectivity index (χ2v) is 5.93. The third-order valence-electron chi connectivity index (χ3n) is 3.61. The van der Waals surface area contributed by atoms with E-state index in [0.29, 0.717) is 11.3 Å². The predicted molar refractivity (Wildman–Crippen MR) is 90.8 cm³/mol. The minimum atomic E-state index is -0.233. The smallest absolute Gasteiger partial charge is 0.251 e. The van der Waals surface area contributed by atoms with Crippen LogP contribution in [0.5, 0.6) is 0 Å². The lowest BCUT2D eigenvalue weighted by atomic mass is 9.95. The first-order valence-corrected chi connectivity index (χ1v) is 7.95. The van der Waals surface area contributed by atoms with Gasteiger partial charge in [-0.2, -0.15) is 0 Å². The van der Waals surface area contributed by atoms with Gasteiger partial charge in [0.15, 0.2) is 5.11 Å². The molecule has 22 heavy (non-hydrogen) atoms. The summed E-state index contributed by atoms with van der Waals surface area (Å²) in [5.74, 6) is -0.301. The van der Waals surface area contributed by atoms with Crippen molar-refractivity contribution in [3.63, 3.8) is 0 Å². The molecule has 1 saturated carbocycles. The van der Waals surface area contributed by atoms with Crippen LogP contribution < -0.4 is 16.0 Å². The highest BCUT2D eigenvalue weighted by molar-refractivity contribution is 7.80. The van der Waals surface area contributed by atoms with Crippen LogP contribution in [0.4, 0.5) is 5.69 Å². The van der Waals surface area contributed by atoms with E-state index in [9.17, 15) is 9.59 Å². The fourth-order valence-electron chi connectivity index (χ4n) is 2.58. The summed E-state index contributed by atoms with van der Waals surface area (Å²) in [6, 6.07) is 7.36. The summed E-state index contributed by atoms with van der Waals surface area (Å²) in [4.78, 5) is 23.2. The molecular formula is C16H21N3O2S. The quantitative estimate of drug-likeness (QED) is 0.749. The molecule has 0 bridgehead atoms. The van der Waals surface area contributed by atoms with Crippen LogP contribution in [0.2, 0.25) is 0 Å². The number of amides is 2. The van der Waals surface area contributed by atoms with Crippen molar-refractivity contribution in [3.05, 3.63) is 29.8 Å². The molecule has 1 aliphatic carbocycles. The third-order valence-corrected chi connectivity index (χ3v) is 3.82. The van der Waals surface area contributed by atoms with E-state index in [1.54, 1.807) is 24.3 Å². The van der Waals surface area contributed by atoms with Gasteiger partial charge in [0, 0.05) is 24.2 Å². The number of benzene rings is 1. The van der Waals surface area contributed by atoms with E-state index in [-0.39, 0.29) is 23.0 Å². The lowest BCUT2D eigenvalue weighted by Gasteiger charge is -2.22. The molecule has 1 aliphatic rings. The maximum Gasteiger partial charge on any atom is 0.251 e. The molecule has 0 unspecified atom stereocenters. The maximum absolute atomic E-state index is 12.3. The number of hydrogen-bond donors (Lipinski definition) is 3. The van der Waals surface area contributed by atoms with E-state index in [4.69, 9.17) is 12.2 Å². The topological polar surface area (TPSA) is 70.2 Å². The van der Waals surface area contributed by atoms with Crippen LogP contribution in [0.3, 0.4) is 0 Å². The maximum atomic E-state index is 12.3. The first kappa shape index (κ1) is 16.4. The first-order valence-electron chi connectivity index (χ1n) is 7.54. The Morgan fingerprint density at radius 1 is 1.18 bits per heavy atom. The highest BCUT2D eigenvalue weighted by atomic mass is 32.1. The van der Waals surface area contributed by atoms with Gasteiger partial charge in [-0.1, -0.05) is 25.3 Å². The lowest BCUT2D eigenvalue weighted by molar-refractivity contribution is -0.117. The van der Waals surface area contributed by atoms with Crippen LogP contribution in [0.25, 0.3) is 0 Å². The summed E-state index contributed by atoms with van der Waals surface area (Å²) < 4.78 is 0. The molecule has 1 aromatic rings. The van der Waals surface area contributed by atoms with Crippen molar-refractivity contribution in [2.45, 2.75) is 45.1 Å². The number of carbonyl (C=O) groups excluding carboxylic acids is 2. The Bertz CT molecular complexity index is 568. The number of thiocarbonyl (C=S) groups is 1. The molecule has 1 fully saturated rings. The van der Waals surface area contributed by atoms with Crippen molar-refractivity contribution in [3.8, 4) is 0 Å². The molecule has 0 heterocycles. The fraction of sp³-hybridized carbons (Fsp3) is 0.438. The van der Waals surface area contributed by atoms with E-state index in [2.05, 4.69) is 16.0 Å². The largest absolute Gasteiger partial charge is 0.349 e. The van der Waals surface area contributed by atoms with E-state index in [0.717, 1.165) is 12.8 Å². The fourth-order valence-corrected chi connectivity index (χ4v) is 2.84. The van der Waals surface area contributed by atoms with Crippen molar-refractivity contribution in [1.82, 2.24) is 10.6 Å². The highest BCUT2D eigenvalue weighted by Crippen LogP contribution is 2.18. The van der Waals surface area contributed by atoms with Gasteiger partial charge in [-0.3, -0.25) is 9.59 Å². The Morgan fingerprint density at radius 2 is 1.91 bits per heavy atom. The van der Waals surface area contributed by atoms with E-state index in [1.807, 2.05) is 0 Å². The number of hydrogen-bond acceptors (Lipinski definition) is 3. The number of carbonyl (C=O) groups is 2. The van der Waals surface area contributed by atoms with Crippen molar-refractivity contribution < 1.29 is 9.59 Å². The predicted octanol–water partition coefficient (Wildman–Crippen LogP) is 2.58. The van der Waals surface area contributed by atoms with Crippen molar-refractivity contribution >= 4 is 34.8 Å². The van der Waals surface area contributed by atoms with Gasteiger partial charge in [-0.25, -0.2) is 0 Å². The Labute approximate surface area is 135 Å². The molecule has 3 N–H and O–H groups in total. The number of nitrogens with one attached hydrogen (secondary N) is 3. The van der Waals surface area contributed by atoms with Crippen molar-refractivity contribution in [2.75, 3.05) is 5.32 Å². The average Bonchev–Trinajstić information content (AvgIpc) is 2.47. The molecular weight excluding hydrogens is 298 g/mol. The van der Waals surface area contributed by atoms with Crippen molar-refractivity contribution in [1.29, 1.82) is 0 Å². The zero-order chi connectivity index (χ0) is 15.9. The molecule has 2 rings (SSSR count). The van der Waals surface area contributed by atoms with E-state index in [1.165, 1.54) is 26.2 Å². The Morgan fingerprint density at radius 3 is 2.59 bits per heavy atom. The van der Waals surface area contributed by atoms with E-state index >= 15 is 0 Å². The normalized spacial score (nSPS) is 15.0. The molecule has 5 nitrogen and oxygen atoms in total. The molecule has 0 aliphatic heterocycles. The van der Waals surface area contributed by atoms with Crippen LogP contribution in [-0.2, 0) is 4.79 Å². The average molecular weight is 319 g/mol. The van der Waals surface area contributed by atoms with E-state index < -0.39 is 0 Å². The molecule has 1 aromatic carbocycles. The molecule has 0 spiro atoms. The minimum Gasteiger partial charge on any atom is -0.349 e. The first-order chi connectivity index (χ1) is 10.5. The summed E-state index contributed by atoms with van der Waals surface area (Å²) >= 11 is 5.01. The molecule has 0 saturated heterocycles. The van der Waals surface area contributed by atoms with Crippen LogP contribution in [0.1, 0.15) is 49.4 Å². The van der Waals surface area contributed by atoms with Gasteiger partial charge in [-0.05, 0) is 43.3 Å². The summed E-state index contributed by atoms with van der Waals surface area (Å²) in [5, 5.41) is 8.68. The number of rotatable bonds is 3. The van der Waals surface area contributed by atoms with Gasteiger partial charge in [0.25, 0.3) is 5.91 Å². The van der Waals surface area contributed by atoms with Crippen molar-refractivity contribution in [2.24, 2.45) is 0 Å². The Kier molecular flexibility index (Phi) is 5.89. The molecule has 118 valence electrons. The van der Waals surface area contributed by atoms with Gasteiger partial charge in [0.2, 0.25) is 5.91 Å². The van der Waals surface area contributed by atoms with Crippen LogP contribution >= 0.6 is 12.2 Å². The summed E-state index contributed by atoms with van der Waals surface area (Å²) in [6.45, 7) is 1.39. The van der Waals surface area contributed by atoms with Gasteiger partial charge in [0.05, 0.1) is 0 Å². The van der Waals surface area contributed by atoms with Gasteiger partial charge in [0.1, 0.15) is 0 Å². The van der Waals surface area contributed by atoms with Crippen LogP contribution in [0.15, 0.2) is 24.3 Å².